The second-order valence-corrected chi connectivity index (χ2v) is 17.5. The van der Waals surface area contributed by atoms with Crippen LogP contribution in [0.3, 0.4) is 0 Å². The molecule has 0 saturated carbocycles. The van der Waals surface area contributed by atoms with E-state index in [1.807, 2.05) is 42.5 Å². The van der Waals surface area contributed by atoms with Crippen LogP contribution in [-0.4, -0.2) is 13.0 Å². The summed E-state index contributed by atoms with van der Waals surface area (Å²) in [5.74, 6) is 0. The summed E-state index contributed by atoms with van der Waals surface area (Å²) in [6.45, 7) is 0. The Morgan fingerprint density at radius 3 is 1.56 bits per heavy atom. The van der Waals surface area contributed by atoms with Gasteiger partial charge in [-0.1, -0.05) is 164 Å². The molecule has 12 rings (SSSR count). The van der Waals surface area contributed by atoms with Crippen LogP contribution < -0.4 is 0 Å². The van der Waals surface area contributed by atoms with E-state index in [1.165, 1.54) is 0 Å². The maximum atomic E-state index is 15.4. The van der Waals surface area contributed by atoms with E-state index in [0.29, 0.717) is 9.79 Å². The fourth-order valence-electron chi connectivity index (χ4n) is 10.2. The molecule has 59 heavy (non-hydrogen) atoms. The molecule has 278 valence electrons. The van der Waals surface area contributed by atoms with E-state index < -0.39 is 15.3 Å². The molecule has 2 heterocycles. The monoisotopic (exact) mass is 773 g/mol. The largest absolute Gasteiger partial charge is 0.309 e. The van der Waals surface area contributed by atoms with Crippen molar-refractivity contribution in [2.24, 2.45) is 0 Å². The predicted molar refractivity (Wildman–Crippen MR) is 240 cm³/mol. The minimum atomic E-state index is -3.98. The van der Waals surface area contributed by atoms with Gasteiger partial charge in [-0.2, -0.15) is 0 Å². The lowest BCUT2D eigenvalue weighted by Crippen LogP contribution is -2.36. The van der Waals surface area contributed by atoms with Gasteiger partial charge in [0.25, 0.3) is 0 Å². The summed E-state index contributed by atoms with van der Waals surface area (Å²) >= 11 is 0. The van der Waals surface area contributed by atoms with Crippen molar-refractivity contribution in [3.05, 3.63) is 235 Å². The van der Waals surface area contributed by atoms with E-state index >= 15 is 8.42 Å². The van der Waals surface area contributed by atoms with Crippen LogP contribution in [0.2, 0.25) is 0 Å². The fourth-order valence-corrected chi connectivity index (χ4v) is 12.2. The molecule has 1 aromatic heterocycles. The molecule has 0 amide bonds. The third-order valence-corrected chi connectivity index (χ3v) is 14.5. The average Bonchev–Trinajstić information content (AvgIpc) is 3.80. The molecule has 0 bridgehead atoms. The molecule has 9 aromatic carbocycles. The van der Waals surface area contributed by atoms with Crippen LogP contribution in [-0.2, 0) is 15.3 Å². The minimum Gasteiger partial charge on any atom is -0.309 e. The van der Waals surface area contributed by atoms with Crippen LogP contribution in [0, 0.1) is 0 Å². The van der Waals surface area contributed by atoms with Gasteiger partial charge in [-0.15, -0.1) is 0 Å². The Labute approximate surface area is 343 Å². The van der Waals surface area contributed by atoms with E-state index in [4.69, 9.17) is 0 Å². The van der Waals surface area contributed by atoms with Crippen molar-refractivity contribution in [3.63, 3.8) is 0 Å². The van der Waals surface area contributed by atoms with Crippen LogP contribution in [0.5, 0.6) is 0 Å². The summed E-state index contributed by atoms with van der Waals surface area (Å²) in [5, 5.41) is 1.65. The highest BCUT2D eigenvalue weighted by atomic mass is 32.2. The highest BCUT2D eigenvalue weighted by Crippen LogP contribution is 2.62. The molecule has 0 saturated heterocycles. The number of rotatable bonds is 4. The number of para-hydroxylation sites is 1. The molecule has 2 aliphatic rings. The molecular weight excluding hydrogens is 739 g/mol. The van der Waals surface area contributed by atoms with Crippen LogP contribution in [0.15, 0.2) is 222 Å². The minimum absolute atomic E-state index is 0.359. The Morgan fingerprint density at radius 2 is 0.898 bits per heavy atom. The number of sulfone groups is 1. The van der Waals surface area contributed by atoms with Gasteiger partial charge in [-0.3, -0.25) is 0 Å². The lowest BCUT2D eigenvalue weighted by molar-refractivity contribution is 0.582. The molecule has 0 radical (unpaired) electrons. The lowest BCUT2D eigenvalue weighted by Gasteiger charge is -2.39. The van der Waals surface area contributed by atoms with Crippen LogP contribution in [0.4, 0.5) is 0 Å². The Bertz CT molecular complexity index is 3350. The zero-order chi connectivity index (χ0) is 39.3. The van der Waals surface area contributed by atoms with Crippen molar-refractivity contribution in [2.75, 3.05) is 0 Å². The molecule has 4 heteroatoms. The summed E-state index contributed by atoms with van der Waals surface area (Å²) in [4.78, 5) is 0.743. The highest BCUT2D eigenvalue weighted by Gasteiger charge is 2.54. The van der Waals surface area contributed by atoms with Crippen molar-refractivity contribution < 1.29 is 8.42 Å². The predicted octanol–water partition coefficient (Wildman–Crippen LogP) is 13.3. The number of aromatic nitrogens is 1. The first-order chi connectivity index (χ1) is 29.0. The summed E-state index contributed by atoms with van der Waals surface area (Å²) in [7, 11) is -3.98. The van der Waals surface area contributed by atoms with Crippen molar-refractivity contribution in [1.29, 1.82) is 0 Å². The smallest absolute Gasteiger partial charge is 0.207 e. The maximum absolute atomic E-state index is 15.4. The number of hydrogen-bond acceptors (Lipinski definition) is 2. The zero-order valence-corrected chi connectivity index (χ0v) is 32.7. The van der Waals surface area contributed by atoms with E-state index in [1.54, 1.807) is 6.07 Å². The third-order valence-electron chi connectivity index (χ3n) is 12.6. The second kappa shape index (κ2) is 12.6. The third kappa shape index (κ3) is 4.72. The summed E-state index contributed by atoms with van der Waals surface area (Å²) in [6, 6.07) is 73.6. The van der Waals surface area contributed by atoms with Gasteiger partial charge in [0.2, 0.25) is 9.84 Å². The van der Waals surface area contributed by atoms with Gasteiger partial charge < -0.3 is 4.57 Å². The SMILES string of the molecule is O=S1(=O)c2ccccc2C2(c3ccccc3-c3ccccc32)c2ccc3c(c21)c1ccccc1n3-c1cccc(-c2cc(-c3ccccc3)cc(-c3ccccc3)c2)c1. The van der Waals surface area contributed by atoms with Gasteiger partial charge in [-0.05, 0) is 115 Å². The molecule has 3 nitrogen and oxygen atoms in total. The zero-order valence-electron chi connectivity index (χ0n) is 31.9. The van der Waals surface area contributed by atoms with E-state index in [0.717, 1.165) is 94.3 Å². The quantitative estimate of drug-likeness (QED) is 0.179. The number of fused-ring (bicyclic) bond motifs is 13. The molecule has 1 aliphatic heterocycles. The van der Waals surface area contributed by atoms with E-state index in [2.05, 4.69) is 168 Å². The number of hydrogen-bond donors (Lipinski definition) is 0. The Balaban J connectivity index is 1.13. The van der Waals surface area contributed by atoms with Crippen molar-refractivity contribution in [3.8, 4) is 50.2 Å². The maximum Gasteiger partial charge on any atom is 0.207 e. The molecule has 1 spiro atoms. The van der Waals surface area contributed by atoms with Crippen molar-refractivity contribution >= 4 is 31.6 Å². The Morgan fingerprint density at radius 1 is 0.373 bits per heavy atom. The summed E-state index contributed by atoms with van der Waals surface area (Å²) < 4.78 is 33.0. The molecule has 10 aromatic rings. The second-order valence-electron chi connectivity index (χ2n) is 15.6. The van der Waals surface area contributed by atoms with E-state index in [-0.39, 0.29) is 0 Å². The number of nitrogens with zero attached hydrogens (tertiary/aromatic N) is 1. The topological polar surface area (TPSA) is 39.1 Å². The molecule has 0 atom stereocenters. The molecule has 0 unspecified atom stereocenters. The fraction of sp³-hybridized carbons (Fsp3) is 0.0182. The molecule has 1 aliphatic carbocycles. The Hall–Kier alpha value is -7.27. The Kier molecular flexibility index (Phi) is 7.23. The molecular formula is C55H35NO2S. The lowest BCUT2D eigenvalue weighted by atomic mass is 9.67. The summed E-state index contributed by atoms with van der Waals surface area (Å²) in [6.07, 6.45) is 0. The number of benzene rings is 9. The van der Waals surface area contributed by atoms with Crippen LogP contribution in [0.1, 0.15) is 22.3 Å². The highest BCUT2D eigenvalue weighted by molar-refractivity contribution is 7.92. The van der Waals surface area contributed by atoms with Gasteiger partial charge in [0.05, 0.1) is 26.2 Å². The molecule has 0 N–H and O–H groups in total. The standard InChI is InChI=1S/C55H35NO2S/c57-59(58)52-29-14-12-27-48(52)55(46-25-10-7-22-43(46)44-23-8-11-26-47(44)55)49-30-31-51-53(54(49)59)45-24-9-13-28-50(45)56(51)42-21-15-20-38(35-42)41-33-39(36-16-3-1-4-17-36)32-40(34-41)37-18-5-2-6-19-37/h1-35H. The first-order valence-electron chi connectivity index (χ1n) is 20.0. The van der Waals surface area contributed by atoms with Crippen LogP contribution >= 0.6 is 0 Å². The van der Waals surface area contributed by atoms with E-state index in [9.17, 15) is 0 Å². The van der Waals surface area contributed by atoms with Gasteiger partial charge in [0.1, 0.15) is 0 Å². The normalized spacial score (nSPS) is 14.2. The first-order valence-corrected chi connectivity index (χ1v) is 21.5. The average molecular weight is 774 g/mol. The van der Waals surface area contributed by atoms with Gasteiger partial charge >= 0.3 is 0 Å². The van der Waals surface area contributed by atoms with Crippen molar-refractivity contribution in [1.82, 2.24) is 4.57 Å². The molecule has 0 fully saturated rings. The van der Waals surface area contributed by atoms with Crippen LogP contribution in [0.25, 0.3) is 72.0 Å². The van der Waals surface area contributed by atoms with Gasteiger partial charge in [0, 0.05) is 16.5 Å². The van der Waals surface area contributed by atoms with Crippen molar-refractivity contribution in [2.45, 2.75) is 15.2 Å². The first kappa shape index (κ1) is 33.8. The van der Waals surface area contributed by atoms with Gasteiger partial charge in [-0.25, -0.2) is 8.42 Å². The van der Waals surface area contributed by atoms with Gasteiger partial charge in [0.15, 0.2) is 0 Å². The summed E-state index contributed by atoms with van der Waals surface area (Å²) in [5.41, 5.74) is 14.8.